The number of anilines is 2. The average molecular weight is 176 g/mol. The van der Waals surface area contributed by atoms with E-state index in [9.17, 15) is 4.79 Å². The largest absolute Gasteiger partial charge is 0.397 e. The Morgan fingerprint density at radius 3 is 2.69 bits per heavy atom. The summed E-state index contributed by atoms with van der Waals surface area (Å²) in [4.78, 5) is 17.4. The maximum atomic E-state index is 10.9. The Kier molecular flexibility index (Phi) is 1.45. The zero-order valence-corrected chi connectivity index (χ0v) is 6.74. The Morgan fingerprint density at radius 1 is 1.23 bits per heavy atom. The van der Waals surface area contributed by atoms with Crippen molar-refractivity contribution in [1.82, 2.24) is 9.97 Å². The fourth-order valence-electron chi connectivity index (χ4n) is 1.12. The SMILES string of the molecule is Nc1cc2ncc(=O)[nH]c2cc1N. The maximum Gasteiger partial charge on any atom is 0.266 e. The van der Waals surface area contributed by atoms with E-state index >= 15 is 0 Å². The van der Waals surface area contributed by atoms with Gasteiger partial charge in [0.15, 0.2) is 0 Å². The molecule has 0 unspecified atom stereocenters. The molecule has 0 bridgehead atoms. The van der Waals surface area contributed by atoms with Gasteiger partial charge in [-0.15, -0.1) is 0 Å². The van der Waals surface area contributed by atoms with Crippen molar-refractivity contribution in [3.63, 3.8) is 0 Å². The van der Waals surface area contributed by atoms with Crippen molar-refractivity contribution in [3.8, 4) is 0 Å². The van der Waals surface area contributed by atoms with Gasteiger partial charge < -0.3 is 16.5 Å². The molecule has 1 aromatic heterocycles. The average Bonchev–Trinajstić information content (AvgIpc) is 2.08. The molecule has 0 saturated heterocycles. The van der Waals surface area contributed by atoms with E-state index in [0.29, 0.717) is 22.4 Å². The highest BCUT2D eigenvalue weighted by Gasteiger charge is 1.99. The van der Waals surface area contributed by atoms with Crippen LogP contribution in [0.1, 0.15) is 0 Å². The van der Waals surface area contributed by atoms with Gasteiger partial charge in [-0.1, -0.05) is 0 Å². The fraction of sp³-hybridized carbons (Fsp3) is 0. The first-order chi connectivity index (χ1) is 6.16. The summed E-state index contributed by atoms with van der Waals surface area (Å²) in [5.74, 6) is 0. The van der Waals surface area contributed by atoms with Crippen LogP contribution in [0.4, 0.5) is 11.4 Å². The number of nitrogens with zero attached hydrogens (tertiary/aromatic N) is 1. The number of nitrogen functional groups attached to an aromatic ring is 2. The van der Waals surface area contributed by atoms with Gasteiger partial charge in [0.25, 0.3) is 5.56 Å². The van der Waals surface area contributed by atoms with Crippen LogP contribution < -0.4 is 17.0 Å². The lowest BCUT2D eigenvalue weighted by molar-refractivity contribution is 1.22. The van der Waals surface area contributed by atoms with Crippen molar-refractivity contribution in [2.24, 2.45) is 0 Å². The van der Waals surface area contributed by atoms with Gasteiger partial charge in [0.05, 0.1) is 28.6 Å². The number of nitrogens with two attached hydrogens (primary N) is 2. The van der Waals surface area contributed by atoms with Gasteiger partial charge >= 0.3 is 0 Å². The number of fused-ring (bicyclic) bond motifs is 1. The van der Waals surface area contributed by atoms with E-state index in [1.165, 1.54) is 6.20 Å². The molecule has 2 aromatic rings. The summed E-state index contributed by atoms with van der Waals surface area (Å²) in [6.45, 7) is 0. The second-order valence-electron chi connectivity index (χ2n) is 2.75. The predicted octanol–water partition coefficient (Wildman–Crippen LogP) is 0.0875. The molecule has 0 saturated carbocycles. The van der Waals surface area contributed by atoms with Crippen LogP contribution in [0.5, 0.6) is 0 Å². The zero-order chi connectivity index (χ0) is 9.42. The molecule has 0 radical (unpaired) electrons. The Morgan fingerprint density at radius 2 is 1.92 bits per heavy atom. The number of hydrogen-bond donors (Lipinski definition) is 3. The van der Waals surface area contributed by atoms with Gasteiger partial charge in [-0.3, -0.25) is 4.79 Å². The van der Waals surface area contributed by atoms with Crippen LogP contribution in [-0.2, 0) is 0 Å². The number of H-pyrrole nitrogens is 1. The van der Waals surface area contributed by atoms with Crippen LogP contribution in [0.25, 0.3) is 11.0 Å². The summed E-state index contributed by atoms with van der Waals surface area (Å²) in [7, 11) is 0. The summed E-state index contributed by atoms with van der Waals surface area (Å²) in [6.07, 6.45) is 1.21. The number of nitrogens with one attached hydrogen (secondary N) is 1. The van der Waals surface area contributed by atoms with Gasteiger partial charge in [-0.2, -0.15) is 0 Å². The lowest BCUT2D eigenvalue weighted by Crippen LogP contribution is -2.06. The van der Waals surface area contributed by atoms with Crippen LogP contribution in [0.3, 0.4) is 0 Å². The monoisotopic (exact) mass is 176 g/mol. The van der Waals surface area contributed by atoms with Gasteiger partial charge in [-0.25, -0.2) is 4.98 Å². The van der Waals surface area contributed by atoms with Gasteiger partial charge in [0.2, 0.25) is 0 Å². The highest BCUT2D eigenvalue weighted by atomic mass is 16.1. The second-order valence-corrected chi connectivity index (χ2v) is 2.75. The van der Waals surface area contributed by atoms with Crippen LogP contribution >= 0.6 is 0 Å². The molecule has 0 spiro atoms. The Hall–Kier alpha value is -2.04. The first kappa shape index (κ1) is 7.60. The third-order valence-electron chi connectivity index (χ3n) is 1.78. The molecule has 66 valence electrons. The number of benzene rings is 1. The van der Waals surface area contributed by atoms with Crippen molar-refractivity contribution in [2.75, 3.05) is 11.5 Å². The standard InChI is InChI=1S/C8H8N4O/c9-4-1-6-7(2-5(4)10)12-8(13)3-11-6/h1-3H,9-10H2,(H,12,13). The third-order valence-corrected chi connectivity index (χ3v) is 1.78. The molecule has 0 aliphatic rings. The molecule has 0 amide bonds. The molecule has 1 heterocycles. The molecule has 2 rings (SSSR count). The fourth-order valence-corrected chi connectivity index (χ4v) is 1.12. The van der Waals surface area contributed by atoms with E-state index in [4.69, 9.17) is 11.5 Å². The highest BCUT2D eigenvalue weighted by molar-refractivity contribution is 5.84. The quantitative estimate of drug-likeness (QED) is 0.495. The molecule has 1 aromatic carbocycles. The number of aromatic amines is 1. The minimum atomic E-state index is -0.253. The van der Waals surface area contributed by atoms with E-state index in [1.807, 2.05) is 0 Å². The van der Waals surface area contributed by atoms with Crippen molar-refractivity contribution < 1.29 is 0 Å². The molecule has 0 aliphatic heterocycles. The van der Waals surface area contributed by atoms with E-state index in [1.54, 1.807) is 12.1 Å². The number of hydrogen-bond acceptors (Lipinski definition) is 4. The van der Waals surface area contributed by atoms with E-state index < -0.39 is 0 Å². The predicted molar refractivity (Wildman–Crippen MR) is 51.2 cm³/mol. The summed E-state index contributed by atoms with van der Waals surface area (Å²) in [5, 5.41) is 0. The smallest absolute Gasteiger partial charge is 0.266 e. The first-order valence-electron chi connectivity index (χ1n) is 3.71. The number of aromatic nitrogens is 2. The van der Waals surface area contributed by atoms with Crippen molar-refractivity contribution in [2.45, 2.75) is 0 Å². The van der Waals surface area contributed by atoms with Crippen LogP contribution in [0.15, 0.2) is 23.1 Å². The zero-order valence-electron chi connectivity index (χ0n) is 6.74. The van der Waals surface area contributed by atoms with E-state index in [0.717, 1.165) is 0 Å². The molecule has 13 heavy (non-hydrogen) atoms. The summed E-state index contributed by atoms with van der Waals surface area (Å²) in [6, 6.07) is 3.22. The van der Waals surface area contributed by atoms with Crippen molar-refractivity contribution in [3.05, 3.63) is 28.7 Å². The minimum Gasteiger partial charge on any atom is -0.397 e. The summed E-state index contributed by atoms with van der Waals surface area (Å²) >= 11 is 0. The van der Waals surface area contributed by atoms with Crippen LogP contribution in [-0.4, -0.2) is 9.97 Å². The summed E-state index contributed by atoms with van der Waals surface area (Å²) < 4.78 is 0. The molecule has 5 N–H and O–H groups in total. The van der Waals surface area contributed by atoms with E-state index in [-0.39, 0.29) is 5.56 Å². The summed E-state index contributed by atoms with van der Waals surface area (Å²) in [5.41, 5.74) is 13.0. The Labute approximate surface area is 73.4 Å². The van der Waals surface area contributed by atoms with Crippen LogP contribution in [0.2, 0.25) is 0 Å². The van der Waals surface area contributed by atoms with E-state index in [2.05, 4.69) is 9.97 Å². The maximum absolute atomic E-state index is 10.9. The Balaban J connectivity index is 2.89. The molecule has 5 nitrogen and oxygen atoms in total. The van der Waals surface area contributed by atoms with Gasteiger partial charge in [0.1, 0.15) is 0 Å². The second kappa shape index (κ2) is 2.48. The van der Waals surface area contributed by atoms with Gasteiger partial charge in [0, 0.05) is 0 Å². The highest BCUT2D eigenvalue weighted by Crippen LogP contribution is 2.19. The molecular formula is C8H8N4O. The normalized spacial score (nSPS) is 10.5. The number of rotatable bonds is 0. The topological polar surface area (TPSA) is 97.8 Å². The third kappa shape index (κ3) is 1.20. The molecule has 5 heteroatoms. The Bertz CT molecular complexity index is 517. The molecule has 0 fully saturated rings. The molecular weight excluding hydrogens is 168 g/mol. The molecule has 0 aliphatic carbocycles. The molecule has 0 atom stereocenters. The lowest BCUT2D eigenvalue weighted by atomic mass is 10.2. The lowest BCUT2D eigenvalue weighted by Gasteiger charge is -2.01. The van der Waals surface area contributed by atoms with Crippen molar-refractivity contribution >= 4 is 22.4 Å². The van der Waals surface area contributed by atoms with Crippen molar-refractivity contribution in [1.29, 1.82) is 0 Å². The van der Waals surface area contributed by atoms with Gasteiger partial charge in [-0.05, 0) is 12.1 Å². The first-order valence-corrected chi connectivity index (χ1v) is 3.71. The van der Waals surface area contributed by atoms with Crippen LogP contribution in [0, 0.1) is 0 Å². The minimum absolute atomic E-state index is 0.253.